The Kier molecular flexibility index (Phi) is 4.19. The SMILES string of the molecule is CCCN(c1ccc(C(N)=O)cc1[N+](=O)[O-])C1CNC1. The highest BCUT2D eigenvalue weighted by atomic mass is 16.6. The molecular formula is C13H18N4O3. The summed E-state index contributed by atoms with van der Waals surface area (Å²) in [5, 5.41) is 14.4. The molecule has 1 aliphatic rings. The molecule has 0 unspecified atom stereocenters. The van der Waals surface area contributed by atoms with Gasteiger partial charge in [0.05, 0.1) is 11.0 Å². The van der Waals surface area contributed by atoms with Crippen LogP contribution in [-0.4, -0.2) is 36.5 Å². The number of nitrogens with two attached hydrogens (primary N) is 1. The van der Waals surface area contributed by atoms with E-state index in [4.69, 9.17) is 5.73 Å². The van der Waals surface area contributed by atoms with Crippen molar-refractivity contribution in [2.24, 2.45) is 5.73 Å². The van der Waals surface area contributed by atoms with Crippen molar-refractivity contribution in [3.63, 3.8) is 0 Å². The minimum atomic E-state index is -0.660. The van der Waals surface area contributed by atoms with Gasteiger partial charge in [-0.3, -0.25) is 14.9 Å². The maximum absolute atomic E-state index is 11.2. The minimum Gasteiger partial charge on any atom is -0.366 e. The van der Waals surface area contributed by atoms with Crippen LogP contribution in [0.5, 0.6) is 0 Å². The fourth-order valence-electron chi connectivity index (χ4n) is 2.30. The van der Waals surface area contributed by atoms with Crippen molar-refractivity contribution >= 4 is 17.3 Å². The molecule has 0 atom stereocenters. The highest BCUT2D eigenvalue weighted by Gasteiger charge is 2.29. The van der Waals surface area contributed by atoms with Gasteiger partial charge in [0, 0.05) is 31.3 Å². The number of rotatable bonds is 6. The van der Waals surface area contributed by atoms with Gasteiger partial charge in [-0.15, -0.1) is 0 Å². The van der Waals surface area contributed by atoms with Gasteiger partial charge in [0.1, 0.15) is 5.69 Å². The Hall–Kier alpha value is -2.15. The molecule has 1 fully saturated rings. The monoisotopic (exact) mass is 278 g/mol. The summed E-state index contributed by atoms with van der Waals surface area (Å²) in [6.07, 6.45) is 0.894. The number of hydrogen-bond acceptors (Lipinski definition) is 5. The molecule has 0 aromatic heterocycles. The van der Waals surface area contributed by atoms with Gasteiger partial charge < -0.3 is 16.0 Å². The van der Waals surface area contributed by atoms with Crippen LogP contribution in [0.3, 0.4) is 0 Å². The predicted octanol–water partition coefficient (Wildman–Crippen LogP) is 0.882. The van der Waals surface area contributed by atoms with Crippen molar-refractivity contribution in [3.8, 4) is 0 Å². The summed E-state index contributed by atoms with van der Waals surface area (Å²) in [6.45, 7) is 4.40. The standard InChI is InChI=1S/C13H18N4O3/c1-2-5-16(10-7-15-8-10)11-4-3-9(13(14)18)6-12(11)17(19)20/h3-4,6,10,15H,2,5,7-8H2,1H3,(H2,14,18). The maximum atomic E-state index is 11.2. The number of nitrogens with zero attached hydrogens (tertiary/aromatic N) is 2. The zero-order chi connectivity index (χ0) is 14.7. The fraction of sp³-hybridized carbons (Fsp3) is 0.462. The van der Waals surface area contributed by atoms with Gasteiger partial charge in [-0.25, -0.2) is 0 Å². The maximum Gasteiger partial charge on any atom is 0.293 e. The van der Waals surface area contributed by atoms with E-state index in [0.717, 1.165) is 26.1 Å². The lowest BCUT2D eigenvalue weighted by Gasteiger charge is -2.39. The number of primary amides is 1. The Morgan fingerprint density at radius 3 is 2.70 bits per heavy atom. The smallest absolute Gasteiger partial charge is 0.293 e. The number of amides is 1. The molecule has 3 N–H and O–H groups in total. The Morgan fingerprint density at radius 1 is 1.55 bits per heavy atom. The van der Waals surface area contributed by atoms with Gasteiger partial charge in [0.15, 0.2) is 0 Å². The van der Waals surface area contributed by atoms with Crippen LogP contribution in [0.25, 0.3) is 0 Å². The first kappa shape index (κ1) is 14.3. The van der Waals surface area contributed by atoms with Crippen molar-refractivity contribution in [1.29, 1.82) is 0 Å². The number of carbonyl (C=O) groups excluding carboxylic acids is 1. The number of nitro groups is 1. The van der Waals surface area contributed by atoms with E-state index in [1.807, 2.05) is 11.8 Å². The molecule has 1 saturated heterocycles. The third-order valence-electron chi connectivity index (χ3n) is 3.43. The summed E-state index contributed by atoms with van der Waals surface area (Å²) in [6, 6.07) is 4.67. The molecule has 1 amide bonds. The molecule has 1 heterocycles. The van der Waals surface area contributed by atoms with E-state index in [1.54, 1.807) is 12.1 Å². The van der Waals surface area contributed by atoms with Crippen molar-refractivity contribution < 1.29 is 9.72 Å². The molecule has 1 aliphatic heterocycles. The van der Waals surface area contributed by atoms with E-state index in [2.05, 4.69) is 5.32 Å². The molecule has 0 aliphatic carbocycles. The average molecular weight is 278 g/mol. The molecule has 2 rings (SSSR count). The van der Waals surface area contributed by atoms with Crippen LogP contribution in [0.4, 0.5) is 11.4 Å². The van der Waals surface area contributed by atoms with E-state index in [-0.39, 0.29) is 17.3 Å². The number of nitro benzene ring substituents is 1. The van der Waals surface area contributed by atoms with Crippen LogP contribution >= 0.6 is 0 Å². The lowest BCUT2D eigenvalue weighted by atomic mass is 10.1. The van der Waals surface area contributed by atoms with Crippen LogP contribution in [0, 0.1) is 10.1 Å². The van der Waals surface area contributed by atoms with E-state index < -0.39 is 10.8 Å². The lowest BCUT2D eigenvalue weighted by molar-refractivity contribution is -0.384. The number of nitrogens with one attached hydrogen (secondary N) is 1. The molecule has 20 heavy (non-hydrogen) atoms. The van der Waals surface area contributed by atoms with Gasteiger partial charge in [0.25, 0.3) is 5.69 Å². The van der Waals surface area contributed by atoms with Crippen molar-refractivity contribution in [2.45, 2.75) is 19.4 Å². The van der Waals surface area contributed by atoms with Crippen LogP contribution in [0.1, 0.15) is 23.7 Å². The van der Waals surface area contributed by atoms with E-state index in [0.29, 0.717) is 5.69 Å². The van der Waals surface area contributed by atoms with Crippen molar-refractivity contribution in [2.75, 3.05) is 24.5 Å². The molecular weight excluding hydrogens is 260 g/mol. The topological polar surface area (TPSA) is 102 Å². The van der Waals surface area contributed by atoms with E-state index in [9.17, 15) is 14.9 Å². The summed E-state index contributed by atoms with van der Waals surface area (Å²) in [7, 11) is 0. The quantitative estimate of drug-likeness (QED) is 0.594. The fourth-order valence-corrected chi connectivity index (χ4v) is 2.30. The second-order valence-electron chi connectivity index (χ2n) is 4.83. The summed E-state index contributed by atoms with van der Waals surface area (Å²) in [5.41, 5.74) is 5.82. The van der Waals surface area contributed by atoms with Crippen LogP contribution in [-0.2, 0) is 0 Å². The number of benzene rings is 1. The molecule has 0 saturated carbocycles. The number of anilines is 1. The Balaban J connectivity index is 2.41. The predicted molar refractivity (Wildman–Crippen MR) is 75.9 cm³/mol. The minimum absolute atomic E-state index is 0.0679. The largest absolute Gasteiger partial charge is 0.366 e. The van der Waals surface area contributed by atoms with Gasteiger partial charge >= 0.3 is 0 Å². The Bertz CT molecular complexity index is 528. The third-order valence-corrected chi connectivity index (χ3v) is 3.43. The van der Waals surface area contributed by atoms with Gasteiger partial charge in [-0.1, -0.05) is 6.92 Å². The molecule has 1 aromatic rings. The highest BCUT2D eigenvalue weighted by Crippen LogP contribution is 2.31. The summed E-state index contributed by atoms with van der Waals surface area (Å²) in [5.74, 6) is -0.660. The second-order valence-corrected chi connectivity index (χ2v) is 4.83. The average Bonchev–Trinajstić information content (AvgIpc) is 2.35. The lowest BCUT2D eigenvalue weighted by Crippen LogP contribution is -2.57. The molecule has 0 radical (unpaired) electrons. The van der Waals surface area contributed by atoms with Gasteiger partial charge in [-0.2, -0.15) is 0 Å². The Labute approximate surface area is 116 Å². The van der Waals surface area contributed by atoms with Crippen molar-refractivity contribution in [3.05, 3.63) is 33.9 Å². The van der Waals surface area contributed by atoms with Crippen LogP contribution in [0.15, 0.2) is 18.2 Å². The molecule has 7 heteroatoms. The number of carbonyl (C=O) groups is 1. The molecule has 0 bridgehead atoms. The third kappa shape index (κ3) is 2.72. The zero-order valence-corrected chi connectivity index (χ0v) is 11.3. The van der Waals surface area contributed by atoms with Gasteiger partial charge in [0.2, 0.25) is 5.91 Å². The first-order chi connectivity index (χ1) is 9.54. The molecule has 7 nitrogen and oxygen atoms in total. The van der Waals surface area contributed by atoms with E-state index in [1.165, 1.54) is 6.07 Å². The summed E-state index contributed by atoms with van der Waals surface area (Å²) < 4.78 is 0. The first-order valence-corrected chi connectivity index (χ1v) is 6.60. The van der Waals surface area contributed by atoms with Crippen LogP contribution in [0.2, 0.25) is 0 Å². The molecule has 1 aromatic carbocycles. The second kappa shape index (κ2) is 5.87. The summed E-state index contributed by atoms with van der Waals surface area (Å²) in [4.78, 5) is 24.0. The van der Waals surface area contributed by atoms with Crippen molar-refractivity contribution in [1.82, 2.24) is 5.32 Å². The number of hydrogen-bond donors (Lipinski definition) is 2. The van der Waals surface area contributed by atoms with Crippen LogP contribution < -0.4 is 16.0 Å². The molecule has 108 valence electrons. The zero-order valence-electron chi connectivity index (χ0n) is 11.3. The summed E-state index contributed by atoms with van der Waals surface area (Å²) >= 11 is 0. The van der Waals surface area contributed by atoms with E-state index >= 15 is 0 Å². The first-order valence-electron chi connectivity index (χ1n) is 6.60. The molecule has 0 spiro atoms. The highest BCUT2D eigenvalue weighted by molar-refractivity contribution is 5.94. The normalized spacial score (nSPS) is 14.7. The van der Waals surface area contributed by atoms with Gasteiger partial charge in [-0.05, 0) is 18.6 Å². The Morgan fingerprint density at radius 2 is 2.25 bits per heavy atom.